The molecule has 143 heavy (non-hydrogen) atoms. The van der Waals surface area contributed by atoms with Crippen molar-refractivity contribution in [3.05, 3.63) is 434 Å². The fraction of sp³-hybridized carbons (Fsp3) is 0.0859. The first-order chi connectivity index (χ1) is 76.6. The molecule has 3 radical (unpaired) electrons. The first kappa shape index (κ1) is 74.7. The van der Waals surface area contributed by atoms with E-state index >= 15 is 0 Å². The Balaban J connectivity index is 0.000000164. The third kappa shape index (κ3) is 17.7. The summed E-state index contributed by atoms with van der Waals surface area (Å²) in [5.74, 6) is -0.217. The Bertz CT molecular complexity index is 9740. The molecule has 0 saturated heterocycles. The summed E-state index contributed by atoms with van der Waals surface area (Å²) in [6.45, 7) is 16.7. The van der Waals surface area contributed by atoms with Crippen molar-refractivity contribution in [3.63, 3.8) is 0 Å². The molecule has 0 saturated carbocycles. The number of rotatable bonds is 8. The van der Waals surface area contributed by atoms with Crippen LogP contribution in [0.1, 0.15) is 92.5 Å². The predicted octanol–water partition coefficient (Wildman–Crippen LogP) is 33.4. The van der Waals surface area contributed by atoms with E-state index in [1.54, 1.807) is 66.8 Å². The number of hydrogen-bond donors (Lipinski definition) is 2. The number of carbonyl (C=O) groups is 2. The van der Waals surface area contributed by atoms with E-state index in [1.165, 1.54) is 51.5 Å². The maximum absolute atomic E-state index is 12.4. The summed E-state index contributed by atoms with van der Waals surface area (Å²) in [6, 6.07) is 76.6. The van der Waals surface area contributed by atoms with Crippen LogP contribution in [0.4, 0.5) is 5.69 Å². The first-order valence-corrected chi connectivity index (χ1v) is 46.4. The number of hydrazone groups is 1. The van der Waals surface area contributed by atoms with Crippen molar-refractivity contribution in [1.29, 1.82) is 0 Å². The van der Waals surface area contributed by atoms with Gasteiger partial charge >= 0.3 is 0 Å². The number of ketones is 1. The number of aliphatic hydroxyl groups excluding tert-OH is 2. The van der Waals surface area contributed by atoms with Gasteiger partial charge in [0.1, 0.15) is 11.3 Å². The zero-order valence-corrected chi connectivity index (χ0v) is 86.3. The summed E-state index contributed by atoms with van der Waals surface area (Å²) >= 11 is 1.71. The van der Waals surface area contributed by atoms with Crippen molar-refractivity contribution in [1.82, 2.24) is 24.3 Å². The van der Waals surface area contributed by atoms with E-state index in [2.05, 4.69) is 103 Å². The molecule has 11 nitrogen and oxygen atoms in total. The van der Waals surface area contributed by atoms with E-state index in [0.29, 0.717) is 122 Å². The van der Waals surface area contributed by atoms with Crippen molar-refractivity contribution < 1.29 is 108 Å². The molecule has 0 atom stereocenters. The van der Waals surface area contributed by atoms with Crippen LogP contribution >= 0.6 is 11.3 Å². The minimum absolute atomic E-state index is 0. The van der Waals surface area contributed by atoms with Gasteiger partial charge in [-0.15, -0.1) is 101 Å². The summed E-state index contributed by atoms with van der Waals surface area (Å²) in [6.07, 6.45) is 5.50. The van der Waals surface area contributed by atoms with Crippen LogP contribution in [0.25, 0.3) is 223 Å². The number of benzene rings is 20. The van der Waals surface area contributed by atoms with Crippen LogP contribution in [0.2, 0.25) is 0 Å². The van der Waals surface area contributed by atoms with Gasteiger partial charge in [0.15, 0.2) is 5.78 Å². The zero-order valence-electron chi connectivity index (χ0n) is 98.3. The molecule has 15 heteroatoms. The molecule has 0 spiro atoms. The maximum Gasteiger partial charge on any atom is 0.284 e. The van der Waals surface area contributed by atoms with Gasteiger partial charge in [0.05, 0.1) is 66.9 Å². The Morgan fingerprint density at radius 2 is 0.874 bits per heavy atom. The number of nitrogens with zero attached hydrogens (tertiary/aromatic N) is 7. The normalized spacial score (nSPS) is 14.4. The Hall–Kier alpha value is -15.2. The number of allylic oxidation sites excluding steroid dienone is 3. The number of aryl methyl sites for hydroxylation is 3. The number of anilines is 1. The molecule has 0 fully saturated rings. The van der Waals surface area contributed by atoms with Crippen LogP contribution in [0.5, 0.6) is 0 Å². The SMILES string of the molecule is CC(=O)C=C(C)O.CC1=NN(c2ccccc2)C(=O)C1=C(O)CC(C)(C)C.Cc1cnc2c3[c-]cccc3c3ccccc3c2n1.Cc1nc2c3[c-]cccc3ccn2c1C.[2H]c1c([2H])c([2H])c(-c2c3c(c(-c4c([2H])c([2H])c([2H])c([2H])c4[2H])c4ccccc24)-c2ccc4c5ccc6c7c(ccc(c8ccc-3c2c84)c75)-c2c-6c(-c3c([2H])c([2H])c([2H])c([2H])c3[2H])c3ccccc3c2-c2c([2H])c([2H])c([2H])c([2H])c2[2H])c([2H])c1[2H].[Ir].[Ir].[Ir].[c-]1ccccc1-c1nc2ccccc2s1. The third-order valence-corrected chi connectivity index (χ3v) is 26.5. The molecule has 27 rings (SSSR count). The Morgan fingerprint density at radius 3 is 1.34 bits per heavy atom. The number of pyridine rings is 1. The number of thiazole rings is 1. The largest absolute Gasteiger partial charge is 0.512 e. The summed E-state index contributed by atoms with van der Waals surface area (Å²) in [7, 11) is 0. The van der Waals surface area contributed by atoms with E-state index in [1.807, 2.05) is 192 Å². The molecule has 5 heterocycles. The number of aliphatic hydroxyl groups is 2. The van der Waals surface area contributed by atoms with Crippen LogP contribution in [0.15, 0.2) is 404 Å². The van der Waals surface area contributed by atoms with Gasteiger partial charge in [-0.25, -0.2) is 0 Å². The minimum atomic E-state index is -0.581. The van der Waals surface area contributed by atoms with Crippen molar-refractivity contribution >= 4 is 158 Å². The summed E-state index contributed by atoms with van der Waals surface area (Å²) < 4.78 is 184. The van der Waals surface area contributed by atoms with Crippen LogP contribution in [-0.4, -0.2) is 52.0 Å². The molecule has 20 aromatic carbocycles. The van der Waals surface area contributed by atoms with Crippen LogP contribution in [0, 0.1) is 44.4 Å². The predicted molar refractivity (Wildman–Crippen MR) is 584 cm³/mol. The quantitative estimate of drug-likeness (QED) is 0.0503. The zero-order chi connectivity index (χ0) is 113. The van der Waals surface area contributed by atoms with Gasteiger partial charge in [0, 0.05) is 106 Å². The second-order valence-electron chi connectivity index (χ2n) is 35.6. The molecule has 0 unspecified atom stereocenters. The fourth-order valence-electron chi connectivity index (χ4n) is 19.7. The average Bonchev–Trinajstić information content (AvgIpc) is 1.50. The Morgan fingerprint density at radius 1 is 0.434 bits per heavy atom. The average molecular weight is 2420 g/mol. The van der Waals surface area contributed by atoms with Gasteiger partial charge in [0.2, 0.25) is 0 Å². The van der Waals surface area contributed by atoms with Crippen molar-refractivity contribution in [3.8, 4) is 99.6 Å². The summed E-state index contributed by atoms with van der Waals surface area (Å²) in [5, 5.41) is 39.7. The molecule has 4 aromatic heterocycles. The van der Waals surface area contributed by atoms with E-state index in [0.717, 1.165) is 92.6 Å². The van der Waals surface area contributed by atoms with Gasteiger partial charge < -0.3 is 19.6 Å². The van der Waals surface area contributed by atoms with Gasteiger partial charge in [0.25, 0.3) is 5.91 Å². The van der Waals surface area contributed by atoms with E-state index in [-0.39, 0.29) is 111 Å². The van der Waals surface area contributed by atoms with E-state index in [9.17, 15) is 25.7 Å². The molecule has 2 N–H and O–H groups in total. The first-order valence-electron chi connectivity index (χ1n) is 55.5. The molecular weight excluding hydrogens is 2310 g/mol. The number of carbonyl (C=O) groups excluding carboxylic acids is 2. The standard InChI is InChI=1S/C64H36.C17H11N2.C16H20N2O2.C13H11N2.C13H8NS.C5H8O2.3Ir/c1-5-17-37(18-6-1)53-41-25-13-14-26-42(41)54(38-19-7-2-8-20-38)62-50-34-30-46-48-32-36-52-60-51(35-31-47(58(48)60)45-29-33-49(61(53)62)59(50)57(45)46)63-55(39-21-9-3-10-22-39)43-27-15-16-28-44(43)56(64(52)63)40-23-11-4-12-24-40;1-11-10-18-16-14-8-4-2-6-12(14)13-7-3-5-9-15(13)17(16)19-11;1-11-14(13(19)10-16(2,3)4)15(20)18(17-11)12-8-6-5-7-9-12;1-9-10(2)15-8-7-11-5-3-4-6-12(11)13(15)14-9;1-2-6-10(7-3-1)13-14-11-8-4-5-9-12(11)15-13;1-4(6)3-5(2)7;;;/h1-36H;2-7,9-10H,1H3;5-9,19H,10H2,1-4H3;3-5,7-8H,1-2H3;1-6,8-9H;3,6H,1-2H3;;;/q;-1;;2*-1;;;;/i1D,2D,3D,4D,5D,6D,7D,8D,9D,10D,11D,12D,17D,18D,19D,20D,21D,22D,23D,24D;;;;;;;;. The van der Waals surface area contributed by atoms with Crippen LogP contribution < -0.4 is 5.01 Å². The number of hydrogen-bond acceptors (Lipinski definition) is 10. The van der Waals surface area contributed by atoms with Gasteiger partial charge in [-0.05, 0) is 236 Å². The molecule has 2 aliphatic carbocycles. The second kappa shape index (κ2) is 40.4. The summed E-state index contributed by atoms with van der Waals surface area (Å²) in [5.41, 5.74) is 14.8. The smallest absolute Gasteiger partial charge is 0.284 e. The topological polar surface area (TPSA) is 146 Å². The number of amides is 1. The fourth-order valence-corrected chi connectivity index (χ4v) is 20.7. The molecule has 701 valence electrons. The van der Waals surface area contributed by atoms with Crippen LogP contribution in [-0.2, 0) is 69.9 Å². The Kier molecular flexibility index (Phi) is 21.1. The van der Waals surface area contributed by atoms with Crippen molar-refractivity contribution in [2.75, 3.05) is 5.01 Å². The van der Waals surface area contributed by atoms with E-state index < -0.39 is 121 Å². The number of aromatic nitrogens is 5. The monoisotopic (exact) mass is 2420 g/mol. The van der Waals surface area contributed by atoms with Gasteiger partial charge in [-0.3, -0.25) is 24.5 Å². The molecule has 3 aliphatic rings. The van der Waals surface area contributed by atoms with Crippen molar-refractivity contribution in [2.45, 2.75) is 68.7 Å². The van der Waals surface area contributed by atoms with E-state index in [4.69, 9.17) is 21.6 Å². The van der Waals surface area contributed by atoms with Gasteiger partial charge in [-0.2, -0.15) is 21.4 Å². The molecule has 1 aliphatic heterocycles. The molecule has 0 bridgehead atoms. The molecular formula is C128H94Ir3N7O4S-3. The number of fused-ring (bicyclic) bond motifs is 20. The number of imidazole rings is 1. The maximum atomic E-state index is 12.4. The minimum Gasteiger partial charge on any atom is -0.512 e. The number of para-hydroxylation sites is 2. The third-order valence-electron chi connectivity index (χ3n) is 25.4. The van der Waals surface area contributed by atoms with Crippen LogP contribution in [0.3, 0.4) is 0 Å². The second-order valence-corrected chi connectivity index (χ2v) is 36.6. The molecule has 1 amide bonds. The van der Waals surface area contributed by atoms with Crippen molar-refractivity contribution in [2.24, 2.45) is 10.5 Å². The van der Waals surface area contributed by atoms with Gasteiger partial charge in [-0.1, -0.05) is 310 Å². The summed E-state index contributed by atoms with van der Waals surface area (Å²) in [4.78, 5) is 40.8. The Labute approximate surface area is 901 Å². The molecule has 24 aromatic rings.